The minimum atomic E-state index is -0.416. The highest BCUT2D eigenvalue weighted by Crippen LogP contribution is 2.24. The fourth-order valence-corrected chi connectivity index (χ4v) is 3.21. The molecule has 1 unspecified atom stereocenters. The predicted molar refractivity (Wildman–Crippen MR) is 75.4 cm³/mol. The van der Waals surface area contributed by atoms with Gasteiger partial charge in [-0.05, 0) is 13.8 Å². The number of ether oxygens (including phenoxy) is 1. The molecule has 1 aromatic rings. The van der Waals surface area contributed by atoms with E-state index in [1.807, 2.05) is 0 Å². The van der Waals surface area contributed by atoms with Crippen LogP contribution in [0.15, 0.2) is 21.1 Å². The molecule has 0 saturated heterocycles. The molecule has 2 N–H and O–H groups in total. The zero-order chi connectivity index (χ0) is 14.5. The standard InChI is InChI=1S/C11H14N4O3S2/c1-3-18-9(16)8-6(2)13-10(17)14-7(8)4-19-11-15-12-5-20-11/h5-6H,3-4H2,1-2H3,(H2,13,14,17). The normalized spacial score (nSPS) is 18.5. The van der Waals surface area contributed by atoms with Crippen LogP contribution in [0.25, 0.3) is 0 Å². The Morgan fingerprint density at radius 1 is 1.60 bits per heavy atom. The van der Waals surface area contributed by atoms with E-state index in [-0.39, 0.29) is 12.1 Å². The van der Waals surface area contributed by atoms with Crippen molar-refractivity contribution in [3.63, 3.8) is 0 Å². The van der Waals surface area contributed by atoms with Gasteiger partial charge in [-0.1, -0.05) is 23.1 Å². The predicted octanol–water partition coefficient (Wildman–Crippen LogP) is 1.15. The zero-order valence-electron chi connectivity index (χ0n) is 11.0. The Bertz CT molecular complexity index is 530. The number of nitrogens with zero attached hydrogens (tertiary/aromatic N) is 2. The molecule has 1 aliphatic rings. The number of hydrogen-bond donors (Lipinski definition) is 2. The highest BCUT2D eigenvalue weighted by molar-refractivity contribution is 8.01. The fraction of sp³-hybridized carbons (Fsp3) is 0.455. The summed E-state index contributed by atoms with van der Waals surface area (Å²) in [6, 6.07) is -0.703. The summed E-state index contributed by atoms with van der Waals surface area (Å²) < 4.78 is 5.81. The van der Waals surface area contributed by atoms with Gasteiger partial charge in [0.1, 0.15) is 5.51 Å². The lowest BCUT2D eigenvalue weighted by molar-refractivity contribution is -0.138. The Labute approximate surface area is 124 Å². The molecule has 0 spiro atoms. The molecule has 0 radical (unpaired) electrons. The summed E-state index contributed by atoms with van der Waals surface area (Å²) in [6.07, 6.45) is 0. The molecule has 0 aromatic carbocycles. The van der Waals surface area contributed by atoms with Crippen LogP contribution in [0, 0.1) is 0 Å². The molecule has 20 heavy (non-hydrogen) atoms. The van der Waals surface area contributed by atoms with Crippen molar-refractivity contribution in [3.8, 4) is 0 Å². The summed E-state index contributed by atoms with van der Waals surface area (Å²) in [5.74, 6) is 0.0153. The zero-order valence-corrected chi connectivity index (χ0v) is 12.6. The summed E-state index contributed by atoms with van der Waals surface area (Å²) >= 11 is 2.82. The van der Waals surface area contributed by atoms with E-state index in [4.69, 9.17) is 4.74 Å². The van der Waals surface area contributed by atoms with Gasteiger partial charge < -0.3 is 15.4 Å². The van der Waals surface area contributed by atoms with Gasteiger partial charge in [-0.15, -0.1) is 10.2 Å². The molecular weight excluding hydrogens is 300 g/mol. The van der Waals surface area contributed by atoms with E-state index in [0.29, 0.717) is 23.6 Å². The molecule has 0 bridgehead atoms. The van der Waals surface area contributed by atoms with Gasteiger partial charge in [-0.3, -0.25) is 0 Å². The van der Waals surface area contributed by atoms with Gasteiger partial charge in [0.05, 0.1) is 18.2 Å². The van der Waals surface area contributed by atoms with Crippen LogP contribution in [0.1, 0.15) is 13.8 Å². The van der Waals surface area contributed by atoms with E-state index in [1.165, 1.54) is 23.1 Å². The van der Waals surface area contributed by atoms with Crippen molar-refractivity contribution in [3.05, 3.63) is 16.8 Å². The van der Waals surface area contributed by atoms with Crippen molar-refractivity contribution < 1.29 is 14.3 Å². The maximum atomic E-state index is 12.0. The number of nitrogens with one attached hydrogen (secondary N) is 2. The minimum absolute atomic E-state index is 0.291. The fourth-order valence-electron chi connectivity index (χ4n) is 1.75. The van der Waals surface area contributed by atoms with E-state index < -0.39 is 5.97 Å². The first-order valence-corrected chi connectivity index (χ1v) is 7.85. The molecule has 1 aromatic heterocycles. The number of hydrogen-bond acceptors (Lipinski definition) is 7. The summed E-state index contributed by atoms with van der Waals surface area (Å²) in [5, 5.41) is 13.0. The van der Waals surface area contributed by atoms with Crippen LogP contribution in [-0.4, -0.2) is 40.6 Å². The third-order valence-corrected chi connectivity index (χ3v) is 4.43. The van der Waals surface area contributed by atoms with Crippen LogP contribution in [0.4, 0.5) is 4.79 Å². The second-order valence-electron chi connectivity index (χ2n) is 3.93. The van der Waals surface area contributed by atoms with Gasteiger partial charge in [0.25, 0.3) is 0 Å². The van der Waals surface area contributed by atoms with Crippen molar-refractivity contribution >= 4 is 35.1 Å². The summed E-state index contributed by atoms with van der Waals surface area (Å²) in [5.41, 5.74) is 2.63. The lowest BCUT2D eigenvalue weighted by Gasteiger charge is -2.26. The molecule has 1 atom stereocenters. The quantitative estimate of drug-likeness (QED) is 0.625. The van der Waals surface area contributed by atoms with Crippen LogP contribution in [0.5, 0.6) is 0 Å². The average Bonchev–Trinajstić information content (AvgIpc) is 2.88. The Morgan fingerprint density at radius 3 is 3.05 bits per heavy atom. The Balaban J connectivity index is 2.18. The third kappa shape index (κ3) is 3.48. The van der Waals surface area contributed by atoms with E-state index in [2.05, 4.69) is 20.8 Å². The number of carbonyl (C=O) groups excluding carboxylic acids is 2. The van der Waals surface area contributed by atoms with Gasteiger partial charge in [-0.25, -0.2) is 9.59 Å². The molecule has 0 saturated carbocycles. The van der Waals surface area contributed by atoms with Crippen LogP contribution >= 0.6 is 23.1 Å². The van der Waals surface area contributed by atoms with Crippen molar-refractivity contribution in [1.82, 2.24) is 20.8 Å². The first-order valence-electron chi connectivity index (χ1n) is 5.98. The summed E-state index contributed by atoms with van der Waals surface area (Å²) in [4.78, 5) is 23.5. The topological polar surface area (TPSA) is 93.2 Å². The molecule has 108 valence electrons. The molecule has 0 aliphatic carbocycles. The number of urea groups is 1. The number of esters is 1. The number of rotatable bonds is 5. The number of amides is 2. The van der Waals surface area contributed by atoms with Gasteiger partial charge >= 0.3 is 12.0 Å². The molecule has 2 amide bonds. The van der Waals surface area contributed by atoms with Gasteiger partial charge in [0.15, 0.2) is 4.34 Å². The monoisotopic (exact) mass is 314 g/mol. The largest absolute Gasteiger partial charge is 0.463 e. The molecule has 2 heterocycles. The lowest BCUT2D eigenvalue weighted by atomic mass is 10.1. The molecule has 1 aliphatic heterocycles. The van der Waals surface area contributed by atoms with E-state index >= 15 is 0 Å². The van der Waals surface area contributed by atoms with E-state index in [1.54, 1.807) is 19.4 Å². The van der Waals surface area contributed by atoms with Gasteiger partial charge in [0, 0.05) is 11.4 Å². The number of carbonyl (C=O) groups is 2. The molecule has 2 rings (SSSR count). The molecule has 7 nitrogen and oxygen atoms in total. The average molecular weight is 314 g/mol. The first kappa shape index (κ1) is 14.8. The van der Waals surface area contributed by atoms with Gasteiger partial charge in [0.2, 0.25) is 0 Å². The highest BCUT2D eigenvalue weighted by atomic mass is 32.2. The maximum Gasteiger partial charge on any atom is 0.337 e. The van der Waals surface area contributed by atoms with Crippen LogP contribution < -0.4 is 10.6 Å². The number of thioether (sulfide) groups is 1. The second-order valence-corrected chi connectivity index (χ2v) is 5.98. The van der Waals surface area contributed by atoms with E-state index in [9.17, 15) is 9.59 Å². The molecule has 0 fully saturated rings. The lowest BCUT2D eigenvalue weighted by Crippen LogP contribution is -2.49. The van der Waals surface area contributed by atoms with Crippen molar-refractivity contribution in [2.75, 3.05) is 12.4 Å². The minimum Gasteiger partial charge on any atom is -0.463 e. The van der Waals surface area contributed by atoms with Crippen LogP contribution in [0.3, 0.4) is 0 Å². The Hall–Kier alpha value is -1.61. The van der Waals surface area contributed by atoms with Crippen molar-refractivity contribution in [1.29, 1.82) is 0 Å². The van der Waals surface area contributed by atoms with E-state index in [0.717, 1.165) is 4.34 Å². The van der Waals surface area contributed by atoms with Crippen LogP contribution in [-0.2, 0) is 9.53 Å². The smallest absolute Gasteiger partial charge is 0.337 e. The summed E-state index contributed by atoms with van der Waals surface area (Å²) in [6.45, 7) is 3.79. The second kappa shape index (κ2) is 6.71. The molecular formula is C11H14N4O3S2. The maximum absolute atomic E-state index is 12.0. The first-order chi connectivity index (χ1) is 9.61. The SMILES string of the molecule is CCOC(=O)C1=C(CSc2nncs2)NC(=O)NC1C. The number of aromatic nitrogens is 2. The van der Waals surface area contributed by atoms with Crippen molar-refractivity contribution in [2.24, 2.45) is 0 Å². The Kier molecular flexibility index (Phi) is 4.96. The molecule has 9 heteroatoms. The van der Waals surface area contributed by atoms with Crippen molar-refractivity contribution in [2.45, 2.75) is 24.2 Å². The third-order valence-electron chi connectivity index (χ3n) is 2.55. The highest BCUT2D eigenvalue weighted by Gasteiger charge is 2.29. The Morgan fingerprint density at radius 2 is 2.40 bits per heavy atom. The van der Waals surface area contributed by atoms with Crippen LogP contribution in [0.2, 0.25) is 0 Å². The van der Waals surface area contributed by atoms with Gasteiger partial charge in [-0.2, -0.15) is 0 Å². The summed E-state index contributed by atoms with van der Waals surface area (Å²) in [7, 11) is 0.